The smallest absolute Gasteiger partial charge is 0.227 e. The Labute approximate surface area is 149 Å². The van der Waals surface area contributed by atoms with Gasteiger partial charge in [0.25, 0.3) is 0 Å². The topological polar surface area (TPSA) is 85.2 Å². The van der Waals surface area contributed by atoms with Crippen molar-refractivity contribution >= 4 is 17.5 Å². The van der Waals surface area contributed by atoms with Crippen molar-refractivity contribution in [2.45, 2.75) is 25.7 Å². The molecule has 25 heavy (non-hydrogen) atoms. The van der Waals surface area contributed by atoms with Crippen molar-refractivity contribution in [1.82, 2.24) is 10.2 Å². The summed E-state index contributed by atoms with van der Waals surface area (Å²) >= 11 is 0. The first kappa shape index (κ1) is 18.9. The molecule has 0 radical (unpaired) electrons. The highest BCUT2D eigenvalue weighted by Crippen LogP contribution is 2.30. The number of benzene rings is 1. The Balaban J connectivity index is 1.80. The van der Waals surface area contributed by atoms with Gasteiger partial charge in [-0.2, -0.15) is 5.26 Å². The normalized spacial score (nSPS) is 19.9. The molecular weight excluding hydrogens is 316 g/mol. The molecule has 0 spiro atoms. The number of carbonyl (C=O) groups excluding carboxylic acids is 2. The molecule has 0 aliphatic heterocycles. The van der Waals surface area contributed by atoms with Crippen molar-refractivity contribution in [2.75, 3.05) is 32.5 Å². The van der Waals surface area contributed by atoms with E-state index in [1.807, 2.05) is 19.0 Å². The molecule has 0 heterocycles. The van der Waals surface area contributed by atoms with Crippen LogP contribution in [-0.4, -0.2) is 43.9 Å². The SMILES string of the molecule is CN(C)CCNC(=O)C1CCC(C(=O)Nc2ccccc2C#N)CC1. The zero-order chi connectivity index (χ0) is 18.2. The number of carbonyl (C=O) groups is 2. The third-order valence-corrected chi connectivity index (χ3v) is 4.63. The fourth-order valence-corrected chi connectivity index (χ4v) is 3.09. The zero-order valence-electron chi connectivity index (χ0n) is 14.9. The summed E-state index contributed by atoms with van der Waals surface area (Å²) in [6.45, 7) is 1.47. The van der Waals surface area contributed by atoms with Gasteiger partial charge in [0.05, 0.1) is 11.3 Å². The van der Waals surface area contributed by atoms with E-state index in [1.165, 1.54) is 0 Å². The van der Waals surface area contributed by atoms with Crippen molar-refractivity contribution in [3.05, 3.63) is 29.8 Å². The summed E-state index contributed by atoms with van der Waals surface area (Å²) in [5.41, 5.74) is 1.02. The van der Waals surface area contributed by atoms with Crippen LogP contribution < -0.4 is 10.6 Å². The third kappa shape index (κ3) is 5.57. The summed E-state index contributed by atoms with van der Waals surface area (Å²) in [5, 5.41) is 14.9. The highest BCUT2D eigenvalue weighted by molar-refractivity contribution is 5.94. The van der Waals surface area contributed by atoms with Crippen LogP contribution in [0, 0.1) is 23.2 Å². The van der Waals surface area contributed by atoms with Gasteiger partial charge < -0.3 is 15.5 Å². The maximum Gasteiger partial charge on any atom is 0.227 e. The second-order valence-corrected chi connectivity index (χ2v) is 6.79. The molecule has 2 rings (SSSR count). The summed E-state index contributed by atoms with van der Waals surface area (Å²) in [5.74, 6) is -0.0696. The molecule has 1 aliphatic rings. The van der Waals surface area contributed by atoms with Crippen molar-refractivity contribution in [3.63, 3.8) is 0 Å². The van der Waals surface area contributed by atoms with Gasteiger partial charge in [0.2, 0.25) is 11.8 Å². The number of para-hydroxylation sites is 1. The van der Waals surface area contributed by atoms with Gasteiger partial charge in [-0.15, -0.1) is 0 Å². The molecule has 0 aromatic heterocycles. The van der Waals surface area contributed by atoms with E-state index in [4.69, 9.17) is 5.26 Å². The minimum atomic E-state index is -0.0995. The van der Waals surface area contributed by atoms with E-state index >= 15 is 0 Å². The highest BCUT2D eigenvalue weighted by atomic mass is 16.2. The molecule has 0 atom stereocenters. The Morgan fingerprint density at radius 3 is 2.32 bits per heavy atom. The van der Waals surface area contributed by atoms with Crippen molar-refractivity contribution in [3.8, 4) is 6.07 Å². The fraction of sp³-hybridized carbons (Fsp3) is 0.526. The minimum Gasteiger partial charge on any atom is -0.355 e. The van der Waals surface area contributed by atoms with E-state index in [0.717, 1.165) is 19.4 Å². The van der Waals surface area contributed by atoms with Crippen LogP contribution in [0.4, 0.5) is 5.69 Å². The molecule has 6 nitrogen and oxygen atoms in total. The average Bonchev–Trinajstić information content (AvgIpc) is 2.62. The number of rotatable bonds is 6. The maximum atomic E-state index is 12.4. The Morgan fingerprint density at radius 2 is 1.72 bits per heavy atom. The van der Waals surface area contributed by atoms with Gasteiger partial charge in [-0.1, -0.05) is 12.1 Å². The van der Waals surface area contributed by atoms with Crippen LogP contribution in [-0.2, 0) is 9.59 Å². The van der Waals surface area contributed by atoms with E-state index in [2.05, 4.69) is 16.7 Å². The van der Waals surface area contributed by atoms with Gasteiger partial charge in [0.15, 0.2) is 0 Å². The van der Waals surface area contributed by atoms with Crippen molar-refractivity contribution < 1.29 is 9.59 Å². The molecule has 2 N–H and O–H groups in total. The van der Waals surface area contributed by atoms with Crippen LogP contribution >= 0.6 is 0 Å². The Morgan fingerprint density at radius 1 is 1.12 bits per heavy atom. The summed E-state index contributed by atoms with van der Waals surface area (Å²) in [7, 11) is 3.95. The van der Waals surface area contributed by atoms with Crippen LogP contribution in [0.15, 0.2) is 24.3 Å². The predicted octanol–water partition coefficient (Wildman–Crippen LogP) is 1.98. The molecular formula is C19H26N4O2. The summed E-state index contributed by atoms with van der Waals surface area (Å²) in [6.07, 6.45) is 2.86. The first-order valence-corrected chi connectivity index (χ1v) is 8.73. The van der Waals surface area contributed by atoms with Gasteiger partial charge in [0, 0.05) is 24.9 Å². The number of nitrogens with one attached hydrogen (secondary N) is 2. The van der Waals surface area contributed by atoms with E-state index in [1.54, 1.807) is 24.3 Å². The summed E-state index contributed by atoms with van der Waals surface area (Å²) in [4.78, 5) is 26.6. The molecule has 2 amide bonds. The second-order valence-electron chi connectivity index (χ2n) is 6.79. The lowest BCUT2D eigenvalue weighted by Gasteiger charge is -2.27. The predicted molar refractivity (Wildman–Crippen MR) is 96.8 cm³/mol. The average molecular weight is 342 g/mol. The lowest BCUT2D eigenvalue weighted by Crippen LogP contribution is -2.38. The van der Waals surface area contributed by atoms with E-state index in [9.17, 15) is 9.59 Å². The largest absolute Gasteiger partial charge is 0.355 e. The molecule has 1 aliphatic carbocycles. The van der Waals surface area contributed by atoms with Crippen LogP contribution in [0.1, 0.15) is 31.2 Å². The molecule has 0 unspecified atom stereocenters. The van der Waals surface area contributed by atoms with E-state index in [-0.39, 0.29) is 23.7 Å². The molecule has 1 aromatic carbocycles. The molecule has 1 aromatic rings. The van der Waals surface area contributed by atoms with Gasteiger partial charge in [-0.25, -0.2) is 0 Å². The molecule has 6 heteroatoms. The van der Waals surface area contributed by atoms with Gasteiger partial charge in [-0.05, 0) is 51.9 Å². The third-order valence-electron chi connectivity index (χ3n) is 4.63. The van der Waals surface area contributed by atoms with Crippen LogP contribution in [0.3, 0.4) is 0 Å². The molecule has 1 fully saturated rings. The van der Waals surface area contributed by atoms with Crippen molar-refractivity contribution in [2.24, 2.45) is 11.8 Å². The monoisotopic (exact) mass is 342 g/mol. The van der Waals surface area contributed by atoms with Crippen LogP contribution in [0.25, 0.3) is 0 Å². The van der Waals surface area contributed by atoms with E-state index < -0.39 is 0 Å². The molecule has 134 valence electrons. The maximum absolute atomic E-state index is 12.4. The lowest BCUT2D eigenvalue weighted by molar-refractivity contribution is -0.128. The van der Waals surface area contributed by atoms with Crippen molar-refractivity contribution in [1.29, 1.82) is 5.26 Å². The number of hydrogen-bond donors (Lipinski definition) is 2. The Kier molecular flexibility index (Phi) is 6.96. The number of hydrogen-bond acceptors (Lipinski definition) is 4. The second kappa shape index (κ2) is 9.19. The summed E-state index contributed by atoms with van der Waals surface area (Å²) in [6, 6.07) is 9.07. The quantitative estimate of drug-likeness (QED) is 0.828. The number of nitriles is 1. The molecule has 0 saturated heterocycles. The minimum absolute atomic E-state index is 0.00222. The Bertz CT molecular complexity index is 643. The molecule has 1 saturated carbocycles. The number of nitrogens with zero attached hydrogens (tertiary/aromatic N) is 2. The highest BCUT2D eigenvalue weighted by Gasteiger charge is 2.30. The lowest BCUT2D eigenvalue weighted by atomic mass is 9.81. The first-order chi connectivity index (χ1) is 12.0. The van der Waals surface area contributed by atoms with Gasteiger partial charge in [-0.3, -0.25) is 9.59 Å². The fourth-order valence-electron chi connectivity index (χ4n) is 3.09. The number of anilines is 1. The zero-order valence-corrected chi connectivity index (χ0v) is 14.9. The first-order valence-electron chi connectivity index (χ1n) is 8.73. The van der Waals surface area contributed by atoms with Gasteiger partial charge >= 0.3 is 0 Å². The summed E-state index contributed by atoms with van der Waals surface area (Å²) < 4.78 is 0. The Hall–Kier alpha value is -2.39. The van der Waals surface area contributed by atoms with E-state index in [0.29, 0.717) is 30.6 Å². The number of likely N-dealkylation sites (N-methyl/N-ethyl adjacent to an activating group) is 1. The van der Waals surface area contributed by atoms with Gasteiger partial charge in [0.1, 0.15) is 6.07 Å². The number of amides is 2. The van der Waals surface area contributed by atoms with Crippen LogP contribution in [0.2, 0.25) is 0 Å². The van der Waals surface area contributed by atoms with Crippen LogP contribution in [0.5, 0.6) is 0 Å². The molecule has 0 bridgehead atoms. The standard InChI is InChI=1S/C19H26N4O2/c1-23(2)12-11-21-18(24)14-7-9-15(10-8-14)19(25)22-17-6-4-3-5-16(17)13-20/h3-6,14-15H,7-12H2,1-2H3,(H,21,24)(H,22,25).